The number of fused-ring (bicyclic) bond motifs is 2. The number of aromatic nitrogens is 2. The van der Waals surface area contributed by atoms with Crippen molar-refractivity contribution in [3.05, 3.63) is 54.0 Å². The largest absolute Gasteiger partial charge is 0.495 e. The van der Waals surface area contributed by atoms with E-state index in [1.807, 2.05) is 35.2 Å². The first-order chi connectivity index (χ1) is 16.6. The van der Waals surface area contributed by atoms with Gasteiger partial charge >= 0.3 is 0 Å². The van der Waals surface area contributed by atoms with E-state index in [9.17, 15) is 5.11 Å². The van der Waals surface area contributed by atoms with E-state index in [-0.39, 0.29) is 12.6 Å². The summed E-state index contributed by atoms with van der Waals surface area (Å²) in [5.74, 6) is 1.96. The van der Waals surface area contributed by atoms with Gasteiger partial charge in [0.2, 0.25) is 0 Å². The Morgan fingerprint density at radius 2 is 2.06 bits per heavy atom. The smallest absolute Gasteiger partial charge is 0.179 e. The molecule has 4 heterocycles. The lowest BCUT2D eigenvalue weighted by molar-refractivity contribution is 0.0570. The van der Waals surface area contributed by atoms with Crippen LogP contribution in [0.2, 0.25) is 0 Å². The summed E-state index contributed by atoms with van der Waals surface area (Å²) in [7, 11) is 1.59. The number of nitrogens with zero attached hydrogens (tertiary/aromatic N) is 3. The van der Waals surface area contributed by atoms with Crippen molar-refractivity contribution in [2.75, 3.05) is 40.0 Å². The van der Waals surface area contributed by atoms with Gasteiger partial charge in [-0.1, -0.05) is 12.1 Å². The quantitative estimate of drug-likeness (QED) is 0.547. The minimum absolute atomic E-state index is 0.260. The zero-order chi connectivity index (χ0) is 23.5. The van der Waals surface area contributed by atoms with Crippen LogP contribution in [0.3, 0.4) is 0 Å². The van der Waals surface area contributed by atoms with Crippen molar-refractivity contribution in [2.24, 2.45) is 0 Å². The van der Waals surface area contributed by atoms with E-state index >= 15 is 4.39 Å². The van der Waals surface area contributed by atoms with Gasteiger partial charge in [0.25, 0.3) is 0 Å². The molecule has 3 atom stereocenters. The maximum Gasteiger partial charge on any atom is 0.179 e. The molecule has 1 saturated heterocycles. The molecule has 180 valence electrons. The molecule has 5 rings (SSSR count). The number of hydrogen-bond acceptors (Lipinski definition) is 8. The molecule has 3 aromatic rings. The summed E-state index contributed by atoms with van der Waals surface area (Å²) in [5, 5.41) is 15.1. The number of alkyl halides is 1. The molecular formula is C25H29FN4O4. The molecule has 2 aliphatic rings. The lowest BCUT2D eigenvalue weighted by Crippen LogP contribution is -2.51. The maximum atomic E-state index is 15.0. The van der Waals surface area contributed by atoms with Crippen LogP contribution in [0, 0.1) is 0 Å². The molecule has 2 N–H and O–H groups in total. The third kappa shape index (κ3) is 4.91. The van der Waals surface area contributed by atoms with Crippen LogP contribution in [0.25, 0.3) is 10.9 Å². The van der Waals surface area contributed by atoms with E-state index in [0.717, 1.165) is 22.2 Å². The van der Waals surface area contributed by atoms with Gasteiger partial charge in [0.15, 0.2) is 11.5 Å². The fraction of sp³-hybridized carbons (Fsp3) is 0.440. The number of aliphatic hydroxyl groups excluding tert-OH is 1. The second-order valence-electron chi connectivity index (χ2n) is 8.68. The van der Waals surface area contributed by atoms with E-state index in [4.69, 9.17) is 14.2 Å². The Balaban J connectivity index is 1.17. The number of benzene rings is 1. The highest BCUT2D eigenvalue weighted by Gasteiger charge is 2.30. The fourth-order valence-corrected chi connectivity index (χ4v) is 4.58. The summed E-state index contributed by atoms with van der Waals surface area (Å²) in [6.07, 6.45) is 2.15. The Kier molecular flexibility index (Phi) is 6.75. The second-order valence-corrected chi connectivity index (χ2v) is 8.68. The minimum Gasteiger partial charge on any atom is -0.495 e. The van der Waals surface area contributed by atoms with Crippen molar-refractivity contribution in [3.63, 3.8) is 0 Å². The van der Waals surface area contributed by atoms with Gasteiger partial charge in [-0.15, -0.1) is 0 Å². The molecular weight excluding hydrogens is 439 g/mol. The molecule has 0 amide bonds. The highest BCUT2D eigenvalue weighted by molar-refractivity contribution is 5.83. The molecule has 2 aromatic heterocycles. The number of likely N-dealkylation sites (tertiary alicyclic amines) is 1. The van der Waals surface area contributed by atoms with E-state index < -0.39 is 12.3 Å². The zero-order valence-corrected chi connectivity index (χ0v) is 19.1. The van der Waals surface area contributed by atoms with Gasteiger partial charge in [0.1, 0.15) is 25.1 Å². The van der Waals surface area contributed by atoms with Crippen molar-refractivity contribution in [1.29, 1.82) is 0 Å². The molecule has 0 bridgehead atoms. The molecule has 3 unspecified atom stereocenters. The Morgan fingerprint density at radius 1 is 1.21 bits per heavy atom. The third-order valence-electron chi connectivity index (χ3n) is 6.42. The van der Waals surface area contributed by atoms with Gasteiger partial charge in [-0.3, -0.25) is 14.9 Å². The Labute approximate surface area is 197 Å². The summed E-state index contributed by atoms with van der Waals surface area (Å²) in [6, 6.07) is 9.11. The standard InChI is InChI=1S/C25H29FN4O4/c1-32-17-10-19-18(3-2-4-21(19)29-12-17)23(31)15-30-6-5-22(20(26)14-30)28-11-16-9-24-25(13-27-16)34-8-7-33-24/h2-4,9-10,12-13,20,22-23,28,31H,5-8,11,14-15H2,1H3. The average molecular weight is 469 g/mol. The van der Waals surface area contributed by atoms with E-state index in [1.165, 1.54) is 0 Å². The number of rotatable bonds is 7. The first-order valence-electron chi connectivity index (χ1n) is 11.6. The number of ether oxygens (including phenoxy) is 3. The number of halogens is 1. The molecule has 0 spiro atoms. The van der Waals surface area contributed by atoms with E-state index in [2.05, 4.69) is 15.3 Å². The summed E-state index contributed by atoms with van der Waals surface area (Å²) in [5.41, 5.74) is 2.34. The highest BCUT2D eigenvalue weighted by Crippen LogP contribution is 2.30. The van der Waals surface area contributed by atoms with E-state index in [1.54, 1.807) is 19.5 Å². The topological polar surface area (TPSA) is 89.0 Å². The molecule has 0 radical (unpaired) electrons. The highest BCUT2D eigenvalue weighted by atomic mass is 19.1. The molecule has 8 nitrogen and oxygen atoms in total. The molecule has 34 heavy (non-hydrogen) atoms. The van der Waals surface area contributed by atoms with Crippen molar-refractivity contribution in [2.45, 2.75) is 31.3 Å². The van der Waals surface area contributed by atoms with Crippen LogP contribution in [0.15, 0.2) is 42.7 Å². The van der Waals surface area contributed by atoms with Crippen molar-refractivity contribution in [1.82, 2.24) is 20.2 Å². The lowest BCUT2D eigenvalue weighted by Gasteiger charge is -2.36. The summed E-state index contributed by atoms with van der Waals surface area (Å²) in [6.45, 7) is 2.80. The molecule has 0 saturated carbocycles. The normalized spacial score (nSPS) is 21.4. The first-order valence-corrected chi connectivity index (χ1v) is 11.6. The number of methoxy groups -OCH3 is 1. The van der Waals surface area contributed by atoms with Crippen LogP contribution in [0.4, 0.5) is 4.39 Å². The SMILES string of the molecule is COc1cnc2cccc(C(O)CN3CCC(NCc4cc5c(cn4)OCCO5)C(F)C3)c2c1. The second kappa shape index (κ2) is 10.1. The molecule has 1 fully saturated rings. The number of hydrogen-bond donors (Lipinski definition) is 2. The van der Waals surface area contributed by atoms with Gasteiger partial charge in [-0.05, 0) is 30.7 Å². The molecule has 9 heteroatoms. The predicted octanol–water partition coefficient (Wildman–Crippen LogP) is 2.65. The van der Waals surface area contributed by atoms with Gasteiger partial charge in [0.05, 0.1) is 36.8 Å². The predicted molar refractivity (Wildman–Crippen MR) is 125 cm³/mol. The summed E-state index contributed by atoms with van der Waals surface area (Å²) < 4.78 is 31.4. The maximum absolute atomic E-state index is 15.0. The van der Waals surface area contributed by atoms with Gasteiger partial charge in [0, 0.05) is 37.1 Å². The molecule has 2 aliphatic heterocycles. The number of nitrogens with one attached hydrogen (secondary N) is 1. The molecule has 0 aliphatic carbocycles. The number of pyridine rings is 2. The summed E-state index contributed by atoms with van der Waals surface area (Å²) >= 11 is 0. The first kappa shape index (κ1) is 22.8. The van der Waals surface area contributed by atoms with Gasteiger partial charge in [-0.2, -0.15) is 0 Å². The zero-order valence-electron chi connectivity index (χ0n) is 19.1. The van der Waals surface area contributed by atoms with Crippen LogP contribution in [0.5, 0.6) is 17.2 Å². The fourth-order valence-electron chi connectivity index (χ4n) is 4.58. The monoisotopic (exact) mass is 468 g/mol. The van der Waals surface area contributed by atoms with Crippen LogP contribution < -0.4 is 19.5 Å². The molecule has 1 aromatic carbocycles. The van der Waals surface area contributed by atoms with Crippen molar-refractivity contribution < 1.29 is 23.7 Å². The minimum atomic E-state index is -1.05. The lowest BCUT2D eigenvalue weighted by atomic mass is 9.99. The Bertz CT molecular complexity index is 1150. The van der Waals surface area contributed by atoms with Crippen molar-refractivity contribution in [3.8, 4) is 17.2 Å². The van der Waals surface area contributed by atoms with Crippen LogP contribution >= 0.6 is 0 Å². The number of piperidine rings is 1. The average Bonchev–Trinajstić information content (AvgIpc) is 2.87. The van der Waals surface area contributed by atoms with Gasteiger partial charge in [-0.25, -0.2) is 4.39 Å². The summed E-state index contributed by atoms with van der Waals surface area (Å²) in [4.78, 5) is 10.7. The van der Waals surface area contributed by atoms with Gasteiger partial charge < -0.3 is 24.6 Å². The Hall–Kier alpha value is -3.01. The van der Waals surface area contributed by atoms with Crippen LogP contribution in [-0.2, 0) is 6.54 Å². The van der Waals surface area contributed by atoms with Crippen molar-refractivity contribution >= 4 is 10.9 Å². The van der Waals surface area contributed by atoms with Crippen LogP contribution in [0.1, 0.15) is 23.8 Å². The third-order valence-corrected chi connectivity index (χ3v) is 6.42. The van der Waals surface area contributed by atoms with E-state index in [0.29, 0.717) is 56.5 Å². The van der Waals surface area contributed by atoms with Crippen LogP contribution in [-0.4, -0.2) is 72.1 Å². The number of β-amino-alcohol motifs (C(OH)–C–C–N with tert-alkyl or cyclic N) is 1. The number of aliphatic hydroxyl groups is 1. The Morgan fingerprint density at radius 3 is 2.88 bits per heavy atom.